The zero-order valence-electron chi connectivity index (χ0n) is 18.2. The number of hydrogen-bond acceptors (Lipinski definition) is 4. The van der Waals surface area contributed by atoms with Crippen molar-refractivity contribution in [3.05, 3.63) is 57.5 Å². The summed E-state index contributed by atoms with van der Waals surface area (Å²) in [6.45, 7) is 5.73. The number of amides is 2. The first-order valence-corrected chi connectivity index (χ1v) is 11.2. The van der Waals surface area contributed by atoms with Crippen LogP contribution in [0.5, 0.6) is 11.5 Å². The Morgan fingerprint density at radius 3 is 2.39 bits per heavy atom. The monoisotopic (exact) mass is 510 g/mol. The molecule has 0 saturated carbocycles. The largest absolute Gasteiger partial charge is 0.497 e. The Kier molecular flexibility index (Phi) is 9.65. The summed E-state index contributed by atoms with van der Waals surface area (Å²) in [6.07, 6.45) is 0.477. The summed E-state index contributed by atoms with van der Waals surface area (Å²) in [4.78, 5) is 27.5. The van der Waals surface area contributed by atoms with Gasteiger partial charge in [0.15, 0.2) is 6.61 Å². The van der Waals surface area contributed by atoms with Crippen molar-refractivity contribution in [2.75, 3.05) is 13.7 Å². The van der Waals surface area contributed by atoms with Crippen LogP contribution >= 0.6 is 27.5 Å². The number of hydrogen-bond donors (Lipinski definition) is 1. The third kappa shape index (κ3) is 7.43. The molecule has 0 spiro atoms. The maximum atomic E-state index is 13.2. The van der Waals surface area contributed by atoms with Crippen LogP contribution in [-0.4, -0.2) is 42.5 Å². The molecule has 0 aliphatic heterocycles. The standard InChI is InChI=1S/C23H28BrClN2O4/c1-5-20(23(29)26-15(2)3)27(13-16-6-9-18(30-4)10-7-16)22(28)14-31-21-11-8-17(25)12-19(21)24/h6-12,15,20H,5,13-14H2,1-4H3,(H,26,29)/t20-/m1/s1. The van der Waals surface area contributed by atoms with Crippen LogP contribution in [0.3, 0.4) is 0 Å². The molecule has 8 heteroatoms. The molecule has 0 saturated heterocycles. The van der Waals surface area contributed by atoms with Gasteiger partial charge in [-0.25, -0.2) is 0 Å². The minimum absolute atomic E-state index is 0.0271. The van der Waals surface area contributed by atoms with Gasteiger partial charge in [-0.15, -0.1) is 0 Å². The number of nitrogens with zero attached hydrogens (tertiary/aromatic N) is 1. The molecule has 2 amide bonds. The summed E-state index contributed by atoms with van der Waals surface area (Å²) >= 11 is 9.35. The summed E-state index contributed by atoms with van der Waals surface area (Å²) < 4.78 is 11.6. The van der Waals surface area contributed by atoms with Crippen LogP contribution in [0.15, 0.2) is 46.9 Å². The Morgan fingerprint density at radius 1 is 1.16 bits per heavy atom. The van der Waals surface area contributed by atoms with E-state index in [2.05, 4.69) is 21.2 Å². The maximum Gasteiger partial charge on any atom is 0.261 e. The SMILES string of the molecule is CC[C@H](C(=O)NC(C)C)N(Cc1ccc(OC)cc1)C(=O)COc1ccc(Cl)cc1Br. The van der Waals surface area contributed by atoms with Gasteiger partial charge < -0.3 is 19.7 Å². The summed E-state index contributed by atoms with van der Waals surface area (Å²) in [5, 5.41) is 3.46. The van der Waals surface area contributed by atoms with Crippen molar-refractivity contribution in [2.45, 2.75) is 45.8 Å². The van der Waals surface area contributed by atoms with Gasteiger partial charge in [-0.1, -0.05) is 30.7 Å². The van der Waals surface area contributed by atoms with Gasteiger partial charge in [0.2, 0.25) is 5.91 Å². The van der Waals surface area contributed by atoms with E-state index in [0.717, 1.165) is 11.3 Å². The van der Waals surface area contributed by atoms with Crippen molar-refractivity contribution >= 4 is 39.3 Å². The van der Waals surface area contributed by atoms with Gasteiger partial charge in [0.05, 0.1) is 11.6 Å². The highest BCUT2D eigenvalue weighted by molar-refractivity contribution is 9.10. The summed E-state index contributed by atoms with van der Waals surface area (Å²) in [5.74, 6) is 0.749. The molecular formula is C23H28BrClN2O4. The molecule has 0 aromatic heterocycles. The van der Waals surface area contributed by atoms with E-state index in [1.165, 1.54) is 0 Å². The lowest BCUT2D eigenvalue weighted by atomic mass is 10.1. The van der Waals surface area contributed by atoms with Gasteiger partial charge in [-0.2, -0.15) is 0 Å². The Labute approximate surface area is 197 Å². The van der Waals surface area contributed by atoms with E-state index in [-0.39, 0.29) is 31.0 Å². The van der Waals surface area contributed by atoms with Crippen molar-refractivity contribution in [3.8, 4) is 11.5 Å². The van der Waals surface area contributed by atoms with Crippen LogP contribution in [0, 0.1) is 0 Å². The molecule has 0 unspecified atom stereocenters. The number of carbonyl (C=O) groups excluding carboxylic acids is 2. The van der Waals surface area contributed by atoms with Crippen molar-refractivity contribution in [1.29, 1.82) is 0 Å². The fourth-order valence-electron chi connectivity index (χ4n) is 3.04. The summed E-state index contributed by atoms with van der Waals surface area (Å²) in [6, 6.07) is 11.8. The number of rotatable bonds is 10. The molecule has 1 N–H and O–H groups in total. The molecule has 2 aromatic rings. The second-order valence-electron chi connectivity index (χ2n) is 7.32. The molecular weight excluding hydrogens is 484 g/mol. The number of nitrogens with one attached hydrogen (secondary N) is 1. The zero-order chi connectivity index (χ0) is 23.0. The van der Waals surface area contributed by atoms with Crippen LogP contribution < -0.4 is 14.8 Å². The fraction of sp³-hybridized carbons (Fsp3) is 0.391. The van der Waals surface area contributed by atoms with Gasteiger partial charge in [-0.05, 0) is 72.1 Å². The van der Waals surface area contributed by atoms with E-state index in [9.17, 15) is 9.59 Å². The summed E-state index contributed by atoms with van der Waals surface area (Å²) in [7, 11) is 1.60. The second kappa shape index (κ2) is 12.0. The van der Waals surface area contributed by atoms with E-state index in [4.69, 9.17) is 21.1 Å². The number of benzene rings is 2. The third-order valence-corrected chi connectivity index (χ3v) is 5.43. The number of halogens is 2. The van der Waals surface area contributed by atoms with Gasteiger partial charge in [0.25, 0.3) is 5.91 Å². The molecule has 2 rings (SSSR count). The van der Waals surface area contributed by atoms with Crippen LogP contribution in [0.1, 0.15) is 32.8 Å². The molecule has 6 nitrogen and oxygen atoms in total. The van der Waals surface area contributed by atoms with E-state index in [0.29, 0.717) is 21.7 Å². The second-order valence-corrected chi connectivity index (χ2v) is 8.61. The van der Waals surface area contributed by atoms with Crippen LogP contribution in [-0.2, 0) is 16.1 Å². The molecule has 1 atom stereocenters. The van der Waals surface area contributed by atoms with Crippen LogP contribution in [0.25, 0.3) is 0 Å². The lowest BCUT2D eigenvalue weighted by Gasteiger charge is -2.31. The Morgan fingerprint density at radius 2 is 1.84 bits per heavy atom. The average molecular weight is 512 g/mol. The highest BCUT2D eigenvalue weighted by Crippen LogP contribution is 2.28. The Hall–Kier alpha value is -2.25. The first-order valence-electron chi connectivity index (χ1n) is 10.1. The lowest BCUT2D eigenvalue weighted by molar-refractivity contribution is -0.143. The first-order chi connectivity index (χ1) is 14.7. The molecule has 2 aromatic carbocycles. The predicted octanol–water partition coefficient (Wildman–Crippen LogP) is 4.82. The lowest BCUT2D eigenvalue weighted by Crippen LogP contribution is -2.51. The first kappa shape index (κ1) is 25.0. The molecule has 168 valence electrons. The van der Waals surface area contributed by atoms with Crippen molar-refractivity contribution < 1.29 is 19.1 Å². The maximum absolute atomic E-state index is 13.2. The molecule has 0 aliphatic rings. The van der Waals surface area contributed by atoms with E-state index >= 15 is 0 Å². The highest BCUT2D eigenvalue weighted by atomic mass is 79.9. The summed E-state index contributed by atoms with van der Waals surface area (Å²) in [5.41, 5.74) is 0.887. The number of ether oxygens (including phenoxy) is 2. The smallest absolute Gasteiger partial charge is 0.261 e. The van der Waals surface area contributed by atoms with E-state index in [1.807, 2.05) is 45.0 Å². The number of carbonyl (C=O) groups is 2. The van der Waals surface area contributed by atoms with Crippen molar-refractivity contribution in [1.82, 2.24) is 10.2 Å². The van der Waals surface area contributed by atoms with E-state index < -0.39 is 6.04 Å². The van der Waals surface area contributed by atoms with Crippen LogP contribution in [0.4, 0.5) is 0 Å². The molecule has 0 radical (unpaired) electrons. The molecule has 31 heavy (non-hydrogen) atoms. The normalized spacial score (nSPS) is 11.7. The zero-order valence-corrected chi connectivity index (χ0v) is 20.5. The van der Waals surface area contributed by atoms with Gasteiger partial charge >= 0.3 is 0 Å². The van der Waals surface area contributed by atoms with Crippen LogP contribution in [0.2, 0.25) is 5.02 Å². The predicted molar refractivity (Wildman–Crippen MR) is 126 cm³/mol. The van der Waals surface area contributed by atoms with Gasteiger partial charge in [0, 0.05) is 17.6 Å². The van der Waals surface area contributed by atoms with Gasteiger partial charge in [0.1, 0.15) is 17.5 Å². The molecule has 0 bridgehead atoms. The minimum Gasteiger partial charge on any atom is -0.497 e. The number of methoxy groups -OCH3 is 1. The quantitative estimate of drug-likeness (QED) is 0.496. The molecule has 0 heterocycles. The fourth-order valence-corrected chi connectivity index (χ4v) is 3.84. The molecule has 0 aliphatic carbocycles. The highest BCUT2D eigenvalue weighted by Gasteiger charge is 2.29. The molecule has 0 fully saturated rings. The Balaban J connectivity index is 2.23. The Bertz CT molecular complexity index is 890. The van der Waals surface area contributed by atoms with Gasteiger partial charge in [-0.3, -0.25) is 9.59 Å². The third-order valence-electron chi connectivity index (χ3n) is 4.57. The average Bonchev–Trinajstić information content (AvgIpc) is 2.72. The van der Waals surface area contributed by atoms with E-state index in [1.54, 1.807) is 30.2 Å². The van der Waals surface area contributed by atoms with Crippen molar-refractivity contribution in [2.24, 2.45) is 0 Å². The minimum atomic E-state index is -0.616. The topological polar surface area (TPSA) is 67.9 Å². The van der Waals surface area contributed by atoms with Crippen molar-refractivity contribution in [3.63, 3.8) is 0 Å².